The van der Waals surface area contributed by atoms with E-state index in [1.54, 1.807) is 18.5 Å². The van der Waals surface area contributed by atoms with Gasteiger partial charge in [-0.2, -0.15) is 0 Å². The van der Waals surface area contributed by atoms with Crippen molar-refractivity contribution in [3.63, 3.8) is 0 Å². The molecule has 1 atom stereocenters. The van der Waals surface area contributed by atoms with Gasteiger partial charge in [-0.25, -0.2) is 0 Å². The SMILES string of the molecule is CC(C)[C@H](NC(=O)c1sccc1Cl)c1cccnc1. The number of halogens is 1. The highest BCUT2D eigenvalue weighted by Crippen LogP contribution is 2.25. The highest BCUT2D eigenvalue weighted by Gasteiger charge is 2.21. The minimum Gasteiger partial charge on any atom is -0.344 e. The van der Waals surface area contributed by atoms with E-state index in [1.165, 1.54) is 11.3 Å². The highest BCUT2D eigenvalue weighted by atomic mass is 35.5. The Labute approximate surface area is 121 Å². The Morgan fingerprint density at radius 1 is 1.42 bits per heavy atom. The van der Waals surface area contributed by atoms with E-state index in [4.69, 9.17) is 11.6 Å². The molecule has 2 aromatic heterocycles. The van der Waals surface area contributed by atoms with Gasteiger partial charge < -0.3 is 5.32 Å². The van der Waals surface area contributed by atoms with Gasteiger partial charge in [0.1, 0.15) is 4.88 Å². The second-order valence-corrected chi connectivity index (χ2v) is 5.90. The number of nitrogens with zero attached hydrogens (tertiary/aromatic N) is 1. The van der Waals surface area contributed by atoms with Gasteiger partial charge in [0, 0.05) is 12.4 Å². The average molecular weight is 295 g/mol. The number of nitrogens with one attached hydrogen (secondary N) is 1. The standard InChI is InChI=1S/C14H15ClN2OS/c1-9(2)12(10-4-3-6-16-8-10)17-14(18)13-11(15)5-7-19-13/h3-9,12H,1-2H3,(H,17,18)/t12-/m0/s1. The number of amides is 1. The topological polar surface area (TPSA) is 42.0 Å². The summed E-state index contributed by atoms with van der Waals surface area (Å²) in [5, 5.41) is 5.33. The molecule has 0 unspecified atom stereocenters. The molecule has 5 heteroatoms. The number of hydrogen-bond acceptors (Lipinski definition) is 3. The van der Waals surface area contributed by atoms with Gasteiger partial charge in [-0.15, -0.1) is 11.3 Å². The van der Waals surface area contributed by atoms with Crippen LogP contribution in [0.4, 0.5) is 0 Å². The molecule has 3 nitrogen and oxygen atoms in total. The fraction of sp³-hybridized carbons (Fsp3) is 0.286. The predicted molar refractivity (Wildman–Crippen MR) is 78.6 cm³/mol. The molecule has 2 rings (SSSR count). The maximum atomic E-state index is 12.2. The maximum Gasteiger partial charge on any atom is 0.263 e. The molecule has 19 heavy (non-hydrogen) atoms. The largest absolute Gasteiger partial charge is 0.344 e. The monoisotopic (exact) mass is 294 g/mol. The molecule has 0 radical (unpaired) electrons. The van der Waals surface area contributed by atoms with Crippen LogP contribution in [0.5, 0.6) is 0 Å². The average Bonchev–Trinajstić information content (AvgIpc) is 2.82. The Morgan fingerprint density at radius 3 is 2.74 bits per heavy atom. The molecule has 2 heterocycles. The number of aromatic nitrogens is 1. The summed E-state index contributed by atoms with van der Waals surface area (Å²) in [4.78, 5) is 16.9. The second-order valence-electron chi connectivity index (χ2n) is 4.58. The third kappa shape index (κ3) is 3.33. The summed E-state index contributed by atoms with van der Waals surface area (Å²) < 4.78 is 0. The first-order valence-electron chi connectivity index (χ1n) is 6.03. The van der Waals surface area contributed by atoms with E-state index in [0.29, 0.717) is 9.90 Å². The van der Waals surface area contributed by atoms with E-state index in [1.807, 2.05) is 17.5 Å². The Bertz CT molecular complexity index is 554. The molecule has 1 N–H and O–H groups in total. The van der Waals surface area contributed by atoms with Crippen LogP contribution in [0.25, 0.3) is 0 Å². The Balaban J connectivity index is 2.19. The summed E-state index contributed by atoms with van der Waals surface area (Å²) >= 11 is 7.33. The van der Waals surface area contributed by atoms with Crippen LogP contribution >= 0.6 is 22.9 Å². The molecule has 0 fully saturated rings. The molecular weight excluding hydrogens is 280 g/mol. The van der Waals surface area contributed by atoms with Gasteiger partial charge in [0.2, 0.25) is 0 Å². The first kappa shape index (κ1) is 14.0. The van der Waals surface area contributed by atoms with E-state index in [2.05, 4.69) is 24.1 Å². The van der Waals surface area contributed by atoms with Crippen molar-refractivity contribution in [3.05, 3.63) is 51.4 Å². The molecule has 0 aliphatic heterocycles. The van der Waals surface area contributed by atoms with Gasteiger partial charge in [-0.3, -0.25) is 9.78 Å². The van der Waals surface area contributed by atoms with Crippen molar-refractivity contribution in [2.45, 2.75) is 19.9 Å². The molecule has 0 bridgehead atoms. The van der Waals surface area contributed by atoms with Crippen molar-refractivity contribution < 1.29 is 4.79 Å². The van der Waals surface area contributed by atoms with Gasteiger partial charge in [0.05, 0.1) is 11.1 Å². The van der Waals surface area contributed by atoms with E-state index in [-0.39, 0.29) is 17.9 Å². The van der Waals surface area contributed by atoms with Crippen molar-refractivity contribution in [1.82, 2.24) is 10.3 Å². The van der Waals surface area contributed by atoms with Crippen molar-refractivity contribution in [2.24, 2.45) is 5.92 Å². The van der Waals surface area contributed by atoms with E-state index < -0.39 is 0 Å². The number of thiophene rings is 1. The van der Waals surface area contributed by atoms with Crippen LogP contribution < -0.4 is 5.32 Å². The van der Waals surface area contributed by atoms with Crippen LogP contribution in [0.15, 0.2) is 36.0 Å². The summed E-state index contributed by atoms with van der Waals surface area (Å²) in [6.45, 7) is 4.13. The summed E-state index contributed by atoms with van der Waals surface area (Å²) in [6, 6.07) is 5.50. The lowest BCUT2D eigenvalue weighted by molar-refractivity contribution is 0.0930. The summed E-state index contributed by atoms with van der Waals surface area (Å²) in [5.74, 6) is 0.134. The molecule has 2 aromatic rings. The molecule has 1 amide bonds. The first-order chi connectivity index (χ1) is 9.09. The van der Waals surface area contributed by atoms with Crippen LogP contribution in [-0.2, 0) is 0 Å². The highest BCUT2D eigenvalue weighted by molar-refractivity contribution is 7.12. The van der Waals surface area contributed by atoms with Gasteiger partial charge >= 0.3 is 0 Å². The fourth-order valence-electron chi connectivity index (χ4n) is 1.86. The number of pyridine rings is 1. The first-order valence-corrected chi connectivity index (χ1v) is 7.29. The second kappa shape index (κ2) is 6.17. The van der Waals surface area contributed by atoms with E-state index in [0.717, 1.165) is 5.56 Å². The van der Waals surface area contributed by atoms with E-state index in [9.17, 15) is 4.79 Å². The van der Waals surface area contributed by atoms with Crippen LogP contribution in [0, 0.1) is 5.92 Å². The molecule has 0 aromatic carbocycles. The van der Waals surface area contributed by atoms with Crippen molar-refractivity contribution in [2.75, 3.05) is 0 Å². The van der Waals surface area contributed by atoms with Gasteiger partial charge in [0.25, 0.3) is 5.91 Å². The zero-order valence-electron chi connectivity index (χ0n) is 10.8. The summed E-state index contributed by atoms with van der Waals surface area (Å²) in [7, 11) is 0. The zero-order valence-corrected chi connectivity index (χ0v) is 12.3. The number of carbonyl (C=O) groups is 1. The maximum absolute atomic E-state index is 12.2. The van der Waals surface area contributed by atoms with E-state index >= 15 is 0 Å². The Kier molecular flexibility index (Phi) is 4.56. The third-order valence-electron chi connectivity index (χ3n) is 2.82. The van der Waals surface area contributed by atoms with Crippen molar-refractivity contribution >= 4 is 28.8 Å². The number of hydrogen-bond donors (Lipinski definition) is 1. The Morgan fingerprint density at radius 2 is 2.21 bits per heavy atom. The van der Waals surface area contributed by atoms with Gasteiger partial charge in [-0.05, 0) is 29.0 Å². The fourth-order valence-corrected chi connectivity index (χ4v) is 2.90. The molecule has 0 aliphatic rings. The summed E-state index contributed by atoms with van der Waals surface area (Å²) in [6.07, 6.45) is 3.50. The lowest BCUT2D eigenvalue weighted by atomic mass is 9.97. The zero-order chi connectivity index (χ0) is 13.8. The van der Waals surface area contributed by atoms with Gasteiger partial charge in [0.15, 0.2) is 0 Å². The van der Waals surface area contributed by atoms with Crippen LogP contribution in [-0.4, -0.2) is 10.9 Å². The van der Waals surface area contributed by atoms with Crippen LogP contribution in [0.2, 0.25) is 5.02 Å². The quantitative estimate of drug-likeness (QED) is 0.928. The smallest absolute Gasteiger partial charge is 0.263 e. The Hall–Kier alpha value is -1.39. The minimum absolute atomic E-state index is 0.0700. The number of rotatable bonds is 4. The molecule has 100 valence electrons. The van der Waals surface area contributed by atoms with Crippen molar-refractivity contribution in [3.8, 4) is 0 Å². The number of carbonyl (C=O) groups excluding carboxylic acids is 1. The lowest BCUT2D eigenvalue weighted by Crippen LogP contribution is -2.31. The minimum atomic E-state index is -0.137. The van der Waals surface area contributed by atoms with Gasteiger partial charge in [-0.1, -0.05) is 31.5 Å². The normalized spacial score (nSPS) is 12.4. The van der Waals surface area contributed by atoms with Crippen LogP contribution in [0.3, 0.4) is 0 Å². The molecular formula is C14H15ClN2OS. The molecule has 0 saturated carbocycles. The van der Waals surface area contributed by atoms with Crippen LogP contribution in [0.1, 0.15) is 35.1 Å². The third-order valence-corrected chi connectivity index (χ3v) is 4.16. The molecule has 0 saturated heterocycles. The summed E-state index contributed by atoms with van der Waals surface area (Å²) in [5.41, 5.74) is 0.999. The molecule has 0 aliphatic carbocycles. The lowest BCUT2D eigenvalue weighted by Gasteiger charge is -2.22. The predicted octanol–water partition coefficient (Wildman–Crippen LogP) is 3.92. The molecule has 0 spiro atoms. The van der Waals surface area contributed by atoms with Crippen molar-refractivity contribution in [1.29, 1.82) is 0 Å².